The first-order valence-corrected chi connectivity index (χ1v) is 8.76. The number of benzene rings is 1. The largest absolute Gasteiger partial charge is 0.461 e. The van der Waals surface area contributed by atoms with Gasteiger partial charge in [0, 0.05) is 5.02 Å². The van der Waals surface area contributed by atoms with Crippen LogP contribution < -0.4 is 11.2 Å². The molecule has 0 saturated carbocycles. The zero-order chi connectivity index (χ0) is 18.0. The van der Waals surface area contributed by atoms with Crippen molar-refractivity contribution in [3.8, 4) is 11.6 Å². The van der Waals surface area contributed by atoms with Crippen molar-refractivity contribution < 1.29 is 9.21 Å². The summed E-state index contributed by atoms with van der Waals surface area (Å²) in [4.78, 5) is 12.4. The van der Waals surface area contributed by atoms with Gasteiger partial charge in [0.05, 0.1) is 22.2 Å². The number of nitrogen functional groups attached to an aromatic ring is 1. The van der Waals surface area contributed by atoms with E-state index in [0.29, 0.717) is 32.5 Å². The van der Waals surface area contributed by atoms with Gasteiger partial charge in [0.2, 0.25) is 16.9 Å². The normalized spacial score (nSPS) is 12.1. The maximum absolute atomic E-state index is 12.4. The minimum atomic E-state index is -0.494. The van der Waals surface area contributed by atoms with Crippen LogP contribution in [0.15, 0.2) is 46.2 Å². The number of nitrogens with one attached hydrogen (secondary N) is 1. The first kappa shape index (κ1) is 17.7. The molecule has 1 aromatic carbocycles. The molecule has 7 nitrogen and oxygen atoms in total. The Bertz CT molecular complexity index is 897. The number of nitrogens with two attached hydrogens (primary N) is 1. The molecule has 1 amide bonds. The van der Waals surface area contributed by atoms with Gasteiger partial charge in [-0.05, 0) is 37.3 Å². The molecule has 3 N–H and O–H groups in total. The summed E-state index contributed by atoms with van der Waals surface area (Å²) >= 11 is 13.1. The summed E-state index contributed by atoms with van der Waals surface area (Å²) in [7, 11) is 0. The van der Waals surface area contributed by atoms with Crippen molar-refractivity contribution in [3.05, 3.63) is 46.6 Å². The van der Waals surface area contributed by atoms with Crippen molar-refractivity contribution in [2.45, 2.75) is 17.3 Å². The third-order valence-electron chi connectivity index (χ3n) is 3.24. The minimum Gasteiger partial charge on any atom is -0.461 e. The van der Waals surface area contributed by atoms with Gasteiger partial charge in [-0.3, -0.25) is 4.79 Å². The van der Waals surface area contributed by atoms with Crippen molar-refractivity contribution in [2.75, 3.05) is 11.2 Å². The topological polar surface area (TPSA) is 99.0 Å². The second-order valence-corrected chi connectivity index (χ2v) is 7.18. The summed E-state index contributed by atoms with van der Waals surface area (Å²) < 4.78 is 6.53. The van der Waals surface area contributed by atoms with Crippen molar-refractivity contribution >= 4 is 46.6 Å². The molecule has 0 spiro atoms. The fraction of sp³-hybridized carbons (Fsp3) is 0.133. The molecule has 0 radical (unpaired) electrons. The highest BCUT2D eigenvalue weighted by Crippen LogP contribution is 2.28. The molecule has 0 saturated heterocycles. The molecule has 0 bridgehead atoms. The van der Waals surface area contributed by atoms with E-state index in [0.717, 1.165) is 11.8 Å². The number of amides is 1. The molecule has 1 unspecified atom stereocenters. The van der Waals surface area contributed by atoms with E-state index < -0.39 is 5.25 Å². The van der Waals surface area contributed by atoms with E-state index in [4.69, 9.17) is 33.5 Å². The molecule has 3 rings (SSSR count). The number of rotatable bonds is 5. The molecule has 10 heteroatoms. The number of carbonyl (C=O) groups is 1. The van der Waals surface area contributed by atoms with Gasteiger partial charge in [0.25, 0.3) is 0 Å². The third-order valence-corrected chi connectivity index (χ3v) is 4.87. The van der Waals surface area contributed by atoms with E-state index in [2.05, 4.69) is 15.5 Å². The molecular formula is C15H13Cl2N5O2S. The predicted octanol–water partition coefficient (Wildman–Crippen LogP) is 3.68. The lowest BCUT2D eigenvalue weighted by Gasteiger charge is -2.12. The molecule has 3 aromatic rings. The highest BCUT2D eigenvalue weighted by Gasteiger charge is 2.21. The number of halogens is 2. The van der Waals surface area contributed by atoms with Gasteiger partial charge in [-0.15, -0.1) is 10.2 Å². The van der Waals surface area contributed by atoms with E-state index in [1.807, 2.05) is 0 Å². The number of hydrogen-bond donors (Lipinski definition) is 2. The average Bonchev–Trinajstić information content (AvgIpc) is 3.21. The second-order valence-electron chi connectivity index (χ2n) is 5.03. The summed E-state index contributed by atoms with van der Waals surface area (Å²) in [6, 6.07) is 8.29. The van der Waals surface area contributed by atoms with Crippen LogP contribution in [0.4, 0.5) is 5.69 Å². The average molecular weight is 398 g/mol. The Hall–Kier alpha value is -2.16. The van der Waals surface area contributed by atoms with Gasteiger partial charge in [0.15, 0.2) is 5.76 Å². The summed E-state index contributed by atoms with van der Waals surface area (Å²) in [5.74, 6) is 6.58. The Kier molecular flexibility index (Phi) is 5.22. The third kappa shape index (κ3) is 3.92. The molecule has 2 heterocycles. The van der Waals surface area contributed by atoms with Crippen LogP contribution in [-0.4, -0.2) is 26.0 Å². The van der Waals surface area contributed by atoms with Gasteiger partial charge in [-0.25, -0.2) is 4.68 Å². The smallest absolute Gasteiger partial charge is 0.237 e. The number of thioether (sulfide) groups is 1. The van der Waals surface area contributed by atoms with Crippen molar-refractivity contribution in [2.24, 2.45) is 0 Å². The van der Waals surface area contributed by atoms with Gasteiger partial charge in [-0.2, -0.15) is 0 Å². The van der Waals surface area contributed by atoms with Crippen LogP contribution in [0.1, 0.15) is 6.92 Å². The molecule has 130 valence electrons. The van der Waals surface area contributed by atoms with Crippen LogP contribution in [0.25, 0.3) is 11.6 Å². The fourth-order valence-corrected chi connectivity index (χ4v) is 3.08. The Morgan fingerprint density at radius 3 is 2.88 bits per heavy atom. The van der Waals surface area contributed by atoms with E-state index in [1.165, 1.54) is 10.9 Å². The maximum Gasteiger partial charge on any atom is 0.237 e. The summed E-state index contributed by atoms with van der Waals surface area (Å²) in [6.45, 7) is 1.72. The Morgan fingerprint density at radius 1 is 1.36 bits per heavy atom. The maximum atomic E-state index is 12.4. The molecule has 2 aromatic heterocycles. The molecule has 0 aliphatic heterocycles. The highest BCUT2D eigenvalue weighted by molar-refractivity contribution is 8.00. The zero-order valence-corrected chi connectivity index (χ0v) is 15.3. The van der Waals surface area contributed by atoms with E-state index in [-0.39, 0.29) is 5.91 Å². The Labute approximate surface area is 157 Å². The SMILES string of the molecule is CC(Sc1nnc(-c2ccco2)n1N)C(=O)Nc1cc(Cl)ccc1Cl. The lowest BCUT2D eigenvalue weighted by atomic mass is 10.3. The van der Waals surface area contributed by atoms with Crippen LogP contribution in [0, 0.1) is 0 Å². The van der Waals surface area contributed by atoms with Gasteiger partial charge < -0.3 is 15.6 Å². The lowest BCUT2D eigenvalue weighted by molar-refractivity contribution is -0.115. The van der Waals surface area contributed by atoms with Crippen LogP contribution in [0.5, 0.6) is 0 Å². The summed E-state index contributed by atoms with van der Waals surface area (Å²) in [5, 5.41) is 11.5. The minimum absolute atomic E-state index is 0.267. The quantitative estimate of drug-likeness (QED) is 0.503. The first-order chi connectivity index (χ1) is 12.0. The van der Waals surface area contributed by atoms with Gasteiger partial charge in [-0.1, -0.05) is 35.0 Å². The zero-order valence-electron chi connectivity index (χ0n) is 12.9. The number of aromatic nitrogens is 3. The first-order valence-electron chi connectivity index (χ1n) is 7.12. The van der Waals surface area contributed by atoms with Crippen molar-refractivity contribution in [3.63, 3.8) is 0 Å². The fourth-order valence-electron chi connectivity index (χ4n) is 1.97. The molecule has 25 heavy (non-hydrogen) atoms. The van der Waals surface area contributed by atoms with Crippen LogP contribution in [0.3, 0.4) is 0 Å². The van der Waals surface area contributed by atoms with Crippen LogP contribution in [0.2, 0.25) is 10.0 Å². The van der Waals surface area contributed by atoms with Crippen LogP contribution >= 0.6 is 35.0 Å². The van der Waals surface area contributed by atoms with E-state index >= 15 is 0 Å². The van der Waals surface area contributed by atoms with Gasteiger partial charge in [0.1, 0.15) is 0 Å². The van der Waals surface area contributed by atoms with Crippen molar-refractivity contribution in [1.82, 2.24) is 14.9 Å². The summed E-state index contributed by atoms with van der Waals surface area (Å²) in [6.07, 6.45) is 1.52. The molecule has 0 aliphatic carbocycles. The van der Waals surface area contributed by atoms with Crippen LogP contribution in [-0.2, 0) is 4.79 Å². The monoisotopic (exact) mass is 397 g/mol. The molecule has 0 fully saturated rings. The Balaban J connectivity index is 1.71. The molecule has 1 atom stereocenters. The predicted molar refractivity (Wildman–Crippen MR) is 98.3 cm³/mol. The van der Waals surface area contributed by atoms with Gasteiger partial charge >= 0.3 is 0 Å². The highest BCUT2D eigenvalue weighted by atomic mass is 35.5. The van der Waals surface area contributed by atoms with Crippen molar-refractivity contribution in [1.29, 1.82) is 0 Å². The number of anilines is 1. The molecular weight excluding hydrogens is 385 g/mol. The second kappa shape index (κ2) is 7.38. The van der Waals surface area contributed by atoms with E-state index in [9.17, 15) is 4.79 Å². The summed E-state index contributed by atoms with van der Waals surface area (Å²) in [5.41, 5.74) is 0.442. The number of hydrogen-bond acceptors (Lipinski definition) is 6. The Morgan fingerprint density at radius 2 is 2.16 bits per heavy atom. The van der Waals surface area contributed by atoms with E-state index in [1.54, 1.807) is 37.3 Å². The number of carbonyl (C=O) groups excluding carboxylic acids is 1. The number of nitrogens with zero attached hydrogens (tertiary/aromatic N) is 3. The lowest BCUT2D eigenvalue weighted by Crippen LogP contribution is -2.23. The number of furan rings is 1. The standard InChI is InChI=1S/C15H13Cl2N5O2S/c1-8(14(23)19-11-7-9(16)4-5-10(11)17)25-15-21-20-13(22(15)18)12-3-2-6-24-12/h2-8H,18H2,1H3,(H,19,23). The molecule has 0 aliphatic rings.